The summed E-state index contributed by atoms with van der Waals surface area (Å²) in [4.78, 5) is 2.46. The fraction of sp³-hybridized carbons (Fsp3) is 0.333. The Kier molecular flexibility index (Phi) is 13.0. The van der Waals surface area contributed by atoms with Gasteiger partial charge in [-0.25, -0.2) is 0 Å². The molecule has 2 aliphatic heterocycles. The Labute approximate surface area is 283 Å². The summed E-state index contributed by atoms with van der Waals surface area (Å²) in [5, 5.41) is 15.9. The van der Waals surface area contributed by atoms with Crippen molar-refractivity contribution in [3.05, 3.63) is 108 Å². The fourth-order valence-electron chi connectivity index (χ4n) is 7.12. The summed E-state index contributed by atoms with van der Waals surface area (Å²) in [5.41, 5.74) is 5.96. The summed E-state index contributed by atoms with van der Waals surface area (Å²) in [6, 6.07) is 31.0. The number of nitrogens with zero attached hydrogens (tertiary/aromatic N) is 1. The second kappa shape index (κ2) is 15.7. The van der Waals surface area contributed by atoms with E-state index >= 15 is 0 Å². The second-order valence-corrected chi connectivity index (χ2v) is 11.6. The molecule has 0 spiro atoms. The number of hydrogen-bond acceptors (Lipinski definition) is 3. The molecule has 42 heavy (non-hydrogen) atoms. The molecule has 6 heteroatoms. The number of rotatable bonds is 2. The van der Waals surface area contributed by atoms with E-state index in [1.54, 1.807) is 11.1 Å². The topological polar surface area (TPSA) is 35.5 Å². The summed E-state index contributed by atoms with van der Waals surface area (Å²) in [7, 11) is 3.24. The molecular formula is C36H42BClN2NaO. The van der Waals surface area contributed by atoms with Gasteiger partial charge in [-0.05, 0) is 106 Å². The van der Waals surface area contributed by atoms with E-state index in [0.717, 1.165) is 30.8 Å². The number of allylic oxidation sites excluding steroid dienone is 2. The molecule has 3 nitrogen and oxygen atoms in total. The van der Waals surface area contributed by atoms with Crippen LogP contribution in [0.3, 0.4) is 0 Å². The average molecular weight is 588 g/mol. The Morgan fingerprint density at radius 1 is 0.667 bits per heavy atom. The Morgan fingerprint density at radius 3 is 1.69 bits per heavy atom. The molecule has 0 bridgehead atoms. The predicted octanol–water partition coefficient (Wildman–Crippen LogP) is 4.03. The van der Waals surface area contributed by atoms with Crippen LogP contribution in [-0.4, -0.2) is 58.8 Å². The average Bonchev–Trinajstić information content (AvgIpc) is 3.75. The molecule has 4 unspecified atom stereocenters. The minimum absolute atomic E-state index is 0. The van der Waals surface area contributed by atoms with Crippen LogP contribution in [-0.2, 0) is 0 Å². The van der Waals surface area contributed by atoms with Crippen molar-refractivity contribution in [3.8, 4) is 0 Å². The zero-order chi connectivity index (χ0) is 26.8. The van der Waals surface area contributed by atoms with Gasteiger partial charge in [-0.2, -0.15) is 0 Å². The maximum Gasteiger partial charge on any atom is 1.00 e. The zero-order valence-electron chi connectivity index (χ0n) is 26.2. The third kappa shape index (κ3) is 7.42. The Hall–Kier alpha value is -1.89. The number of hydrogen-bond donors (Lipinski definition) is 2. The van der Waals surface area contributed by atoms with Crippen LogP contribution in [0.2, 0.25) is 0 Å². The second-order valence-electron chi connectivity index (χ2n) is 11.6. The number of halogens is 1. The van der Waals surface area contributed by atoms with Crippen LogP contribution in [0.1, 0.15) is 25.4 Å². The van der Waals surface area contributed by atoms with Crippen LogP contribution in [0.15, 0.2) is 97.1 Å². The molecule has 2 aliphatic carbocycles. The molecule has 2 saturated heterocycles. The van der Waals surface area contributed by atoms with E-state index < -0.39 is 0 Å². The molecule has 4 aromatic rings. The van der Waals surface area contributed by atoms with E-state index in [1.165, 1.54) is 71.7 Å². The Morgan fingerprint density at radius 2 is 1.17 bits per heavy atom. The molecular weight excluding hydrogens is 546 g/mol. The van der Waals surface area contributed by atoms with Gasteiger partial charge in [0.25, 0.3) is 0 Å². The summed E-state index contributed by atoms with van der Waals surface area (Å²) in [6.07, 6.45) is 7.52. The standard InChI is InChI=1S/C18H19N.C17H17N.CH4O.B.ClH.Na.H/c1-19-11-17-9-16(10-18(17)12-19)15-7-6-13-4-2-3-5-14(13)8-15;1-2-4-13-7-14(6-5-12(13)3-1)15-8-16-10-18-11-17(16)9-15;1-2;;;;/h2-9,17-18H,10-12H2,1H3;1-8,16-18H,9-11H2;2H,1H3;;1H;;/q;;;;;+1;-1. The van der Waals surface area contributed by atoms with Gasteiger partial charge in [-0.15, -0.1) is 12.4 Å². The third-order valence-corrected chi connectivity index (χ3v) is 9.10. The predicted molar refractivity (Wildman–Crippen MR) is 180 cm³/mol. The monoisotopic (exact) mass is 587 g/mol. The molecule has 8 rings (SSSR count). The SMILES string of the molecule is C1=C(c2ccc3ccccc3c2)CC2CNCC12.CN1CC2C=C(c3ccc4ccccc4c3)CC2C1.CO.Cl.[B].[H-].[Na+]. The van der Waals surface area contributed by atoms with E-state index in [2.05, 4.69) is 114 Å². The van der Waals surface area contributed by atoms with E-state index in [-0.39, 0.29) is 51.8 Å². The van der Waals surface area contributed by atoms with Crippen LogP contribution in [0.5, 0.6) is 0 Å². The van der Waals surface area contributed by atoms with Crippen molar-refractivity contribution in [1.82, 2.24) is 10.2 Å². The van der Waals surface area contributed by atoms with E-state index in [4.69, 9.17) is 5.11 Å². The molecule has 0 saturated carbocycles. The van der Waals surface area contributed by atoms with Crippen LogP contribution in [0, 0.1) is 23.7 Å². The molecule has 4 atom stereocenters. The van der Waals surface area contributed by atoms with Crippen molar-refractivity contribution in [3.63, 3.8) is 0 Å². The van der Waals surface area contributed by atoms with Crippen molar-refractivity contribution >= 4 is 53.5 Å². The van der Waals surface area contributed by atoms with Crippen LogP contribution < -0.4 is 34.9 Å². The van der Waals surface area contributed by atoms with Gasteiger partial charge < -0.3 is 16.7 Å². The number of likely N-dealkylation sites (tertiary alicyclic amines) is 1. The molecule has 2 heterocycles. The summed E-state index contributed by atoms with van der Waals surface area (Å²) in [6.45, 7) is 4.86. The first-order chi connectivity index (χ1) is 19.2. The van der Waals surface area contributed by atoms with Gasteiger partial charge in [0.2, 0.25) is 0 Å². The smallest absolute Gasteiger partial charge is 1.00 e. The van der Waals surface area contributed by atoms with Crippen molar-refractivity contribution in [2.75, 3.05) is 40.3 Å². The van der Waals surface area contributed by atoms with Gasteiger partial charge in [0.15, 0.2) is 0 Å². The third-order valence-electron chi connectivity index (χ3n) is 9.10. The number of aliphatic hydroxyl groups excluding tert-OH is 1. The number of benzene rings is 4. The summed E-state index contributed by atoms with van der Waals surface area (Å²) >= 11 is 0. The van der Waals surface area contributed by atoms with Crippen molar-refractivity contribution < 1.29 is 36.1 Å². The molecule has 4 aromatic carbocycles. The minimum Gasteiger partial charge on any atom is -1.00 e. The maximum absolute atomic E-state index is 7.00. The quantitative estimate of drug-likeness (QED) is 0.348. The van der Waals surface area contributed by atoms with E-state index in [9.17, 15) is 0 Å². The molecule has 2 N–H and O–H groups in total. The van der Waals surface area contributed by atoms with Crippen molar-refractivity contribution in [2.45, 2.75) is 12.8 Å². The summed E-state index contributed by atoms with van der Waals surface area (Å²) < 4.78 is 0. The molecule has 3 radical (unpaired) electrons. The van der Waals surface area contributed by atoms with Gasteiger partial charge in [0, 0.05) is 35.2 Å². The number of aliphatic hydroxyl groups is 1. The first-order valence-electron chi connectivity index (χ1n) is 14.4. The Bertz CT molecular complexity index is 1550. The van der Waals surface area contributed by atoms with Gasteiger partial charge in [-0.3, -0.25) is 0 Å². The first-order valence-corrected chi connectivity index (χ1v) is 14.4. The van der Waals surface area contributed by atoms with E-state index in [1.807, 2.05) is 0 Å². The molecule has 2 fully saturated rings. The number of nitrogens with one attached hydrogen (secondary N) is 1. The van der Waals surface area contributed by atoms with Crippen LogP contribution in [0.4, 0.5) is 0 Å². The van der Waals surface area contributed by atoms with Crippen molar-refractivity contribution in [1.29, 1.82) is 0 Å². The van der Waals surface area contributed by atoms with Gasteiger partial charge in [-0.1, -0.05) is 84.9 Å². The molecule has 4 aliphatic rings. The number of fused-ring (bicyclic) bond motifs is 4. The largest absolute Gasteiger partial charge is 1.00 e. The van der Waals surface area contributed by atoms with Gasteiger partial charge in [0.05, 0.1) is 0 Å². The normalized spacial score (nSPS) is 23.5. The fourth-order valence-corrected chi connectivity index (χ4v) is 7.12. The minimum atomic E-state index is 0. The van der Waals surface area contributed by atoms with Crippen LogP contribution >= 0.6 is 12.4 Å². The molecule has 0 amide bonds. The Balaban J connectivity index is 0.000000261. The molecule has 0 aromatic heterocycles. The molecule has 213 valence electrons. The van der Waals surface area contributed by atoms with Gasteiger partial charge >= 0.3 is 29.6 Å². The van der Waals surface area contributed by atoms with Gasteiger partial charge in [0.1, 0.15) is 0 Å². The van der Waals surface area contributed by atoms with E-state index in [0.29, 0.717) is 0 Å². The van der Waals surface area contributed by atoms with Crippen molar-refractivity contribution in [2.24, 2.45) is 23.7 Å². The first kappa shape index (κ1) is 34.6. The zero-order valence-corrected chi connectivity index (χ0v) is 28.0. The van der Waals surface area contributed by atoms with Crippen LogP contribution in [0.25, 0.3) is 32.7 Å². The maximum atomic E-state index is 7.00. The summed E-state index contributed by atoms with van der Waals surface area (Å²) in [5.74, 6) is 3.25.